The Hall–Kier alpha value is -3.59. The molecule has 38 heavy (non-hydrogen) atoms. The Balaban J connectivity index is 1.53. The molecule has 2 aliphatic rings. The molecule has 6 rings (SSSR count). The first-order valence-electron chi connectivity index (χ1n) is 14.2. The molecule has 0 N–H and O–H groups in total. The van der Waals surface area contributed by atoms with Crippen molar-refractivity contribution < 1.29 is 0 Å². The van der Waals surface area contributed by atoms with Crippen molar-refractivity contribution in [2.45, 2.75) is 77.3 Å². The van der Waals surface area contributed by atoms with Crippen LogP contribution in [-0.2, 0) is 10.8 Å². The summed E-state index contributed by atoms with van der Waals surface area (Å²) < 4.78 is 0. The number of benzene rings is 3. The second-order valence-corrected chi connectivity index (χ2v) is 12.0. The molecular weight excluding hydrogens is 462 g/mol. The predicted octanol–water partition coefficient (Wildman–Crippen LogP) is 9.51. The zero-order chi connectivity index (χ0) is 26.5. The molecule has 0 spiro atoms. The van der Waals surface area contributed by atoms with Gasteiger partial charge in [-0.2, -0.15) is 0 Å². The van der Waals surface area contributed by atoms with Crippen LogP contribution in [0.15, 0.2) is 91.1 Å². The van der Waals surface area contributed by atoms with Crippen LogP contribution in [0.25, 0.3) is 11.1 Å². The van der Waals surface area contributed by atoms with Crippen molar-refractivity contribution in [1.29, 1.82) is 0 Å². The number of rotatable bonds is 5. The fraction of sp³-hybridized carbons (Fsp3) is 0.343. The van der Waals surface area contributed by atoms with Gasteiger partial charge in [-0.25, -0.2) is 4.98 Å². The van der Waals surface area contributed by atoms with Crippen molar-refractivity contribution in [1.82, 2.24) is 4.98 Å². The van der Waals surface area contributed by atoms with E-state index in [4.69, 9.17) is 4.98 Å². The standard InChI is InChI=1S/C35H39N3/c1-6-20-35(5)22-21-34(3,4)27-18-19-31(29(35)24-27)38-25(2)37(32-17-12-23-36-33(32)38)30-16-11-10-15-28(30)26-13-8-7-9-14-26/h7-19,23-25H,6,20-22H2,1-5H3. The highest BCUT2D eigenvalue weighted by Crippen LogP contribution is 2.53. The highest BCUT2D eigenvalue weighted by atomic mass is 15.4. The van der Waals surface area contributed by atoms with E-state index in [1.54, 1.807) is 0 Å². The van der Waals surface area contributed by atoms with E-state index in [9.17, 15) is 0 Å². The lowest BCUT2D eigenvalue weighted by molar-refractivity contribution is 0.346. The molecule has 3 aromatic carbocycles. The van der Waals surface area contributed by atoms with Gasteiger partial charge in [-0.05, 0) is 78.0 Å². The number of aromatic nitrogens is 1. The van der Waals surface area contributed by atoms with E-state index >= 15 is 0 Å². The quantitative estimate of drug-likeness (QED) is 0.271. The first-order valence-corrected chi connectivity index (χ1v) is 14.2. The number of anilines is 4. The molecule has 1 aliphatic heterocycles. The molecular formula is C35H39N3. The van der Waals surface area contributed by atoms with Crippen molar-refractivity contribution in [2.24, 2.45) is 0 Å². The normalized spacial score (nSPS) is 21.8. The van der Waals surface area contributed by atoms with Gasteiger partial charge in [0.2, 0.25) is 0 Å². The minimum atomic E-state index is 0.0778. The summed E-state index contributed by atoms with van der Waals surface area (Å²) in [4.78, 5) is 9.96. The van der Waals surface area contributed by atoms with E-state index in [2.05, 4.69) is 129 Å². The van der Waals surface area contributed by atoms with E-state index in [0.717, 1.165) is 11.5 Å². The van der Waals surface area contributed by atoms with Crippen molar-refractivity contribution >= 4 is 22.9 Å². The number of pyridine rings is 1. The summed E-state index contributed by atoms with van der Waals surface area (Å²) in [6.07, 6.45) is 6.79. The van der Waals surface area contributed by atoms with Gasteiger partial charge >= 0.3 is 0 Å². The van der Waals surface area contributed by atoms with Gasteiger partial charge in [-0.15, -0.1) is 0 Å². The third kappa shape index (κ3) is 3.91. The van der Waals surface area contributed by atoms with Gasteiger partial charge in [0.15, 0.2) is 5.82 Å². The van der Waals surface area contributed by atoms with E-state index in [1.165, 1.54) is 59.3 Å². The molecule has 2 heterocycles. The van der Waals surface area contributed by atoms with Gasteiger partial charge in [0.25, 0.3) is 0 Å². The van der Waals surface area contributed by atoms with Crippen LogP contribution >= 0.6 is 0 Å². The molecule has 2 bridgehead atoms. The van der Waals surface area contributed by atoms with Crippen LogP contribution in [0.1, 0.15) is 71.4 Å². The van der Waals surface area contributed by atoms with Gasteiger partial charge in [0.05, 0.1) is 11.4 Å². The highest BCUT2D eigenvalue weighted by molar-refractivity contribution is 5.91. The fourth-order valence-electron chi connectivity index (χ4n) is 6.78. The van der Waals surface area contributed by atoms with E-state index in [-0.39, 0.29) is 17.0 Å². The smallest absolute Gasteiger partial charge is 0.158 e. The van der Waals surface area contributed by atoms with E-state index in [1.807, 2.05) is 6.20 Å². The molecule has 3 nitrogen and oxygen atoms in total. The Morgan fingerprint density at radius 1 is 0.789 bits per heavy atom. The molecule has 0 fully saturated rings. The van der Waals surface area contributed by atoms with E-state index < -0.39 is 0 Å². The maximum Gasteiger partial charge on any atom is 0.158 e. The number of fused-ring (bicyclic) bond motifs is 3. The first kappa shape index (κ1) is 24.7. The van der Waals surface area contributed by atoms with Gasteiger partial charge in [0.1, 0.15) is 6.17 Å². The van der Waals surface area contributed by atoms with Crippen LogP contribution in [0.5, 0.6) is 0 Å². The first-order chi connectivity index (χ1) is 18.3. The second kappa shape index (κ2) is 9.31. The Bertz CT molecular complexity index is 1460. The van der Waals surface area contributed by atoms with Gasteiger partial charge in [0, 0.05) is 17.4 Å². The number of hydrogen-bond acceptors (Lipinski definition) is 3. The average Bonchev–Trinajstić information content (AvgIpc) is 3.20. The summed E-state index contributed by atoms with van der Waals surface area (Å²) in [5.41, 5.74) is 9.39. The van der Waals surface area contributed by atoms with Crippen LogP contribution in [0.4, 0.5) is 22.9 Å². The largest absolute Gasteiger partial charge is 0.317 e. The molecule has 2 unspecified atom stereocenters. The number of para-hydroxylation sites is 1. The number of hydrogen-bond donors (Lipinski definition) is 0. The van der Waals surface area contributed by atoms with Crippen molar-refractivity contribution in [3.63, 3.8) is 0 Å². The SMILES string of the molecule is CCCC1(C)CCC(C)(C)c2ccc(N3c4ncccc4N(c4ccccc4-c4ccccc4)C3C)c1c2. The Labute approximate surface area is 228 Å². The zero-order valence-electron chi connectivity index (χ0n) is 23.4. The van der Waals surface area contributed by atoms with Crippen LogP contribution in [-0.4, -0.2) is 11.1 Å². The fourth-order valence-corrected chi connectivity index (χ4v) is 6.78. The predicted molar refractivity (Wildman–Crippen MR) is 161 cm³/mol. The Morgan fingerprint density at radius 3 is 2.32 bits per heavy atom. The van der Waals surface area contributed by atoms with Crippen molar-refractivity contribution in [3.05, 3.63) is 102 Å². The molecule has 2 atom stereocenters. The second-order valence-electron chi connectivity index (χ2n) is 12.0. The lowest BCUT2D eigenvalue weighted by Gasteiger charge is -2.36. The van der Waals surface area contributed by atoms with Gasteiger partial charge < -0.3 is 9.80 Å². The maximum atomic E-state index is 4.99. The van der Waals surface area contributed by atoms with E-state index in [0.29, 0.717) is 0 Å². The molecule has 0 saturated carbocycles. The van der Waals surface area contributed by atoms with Crippen LogP contribution in [0, 0.1) is 0 Å². The number of nitrogens with zero attached hydrogens (tertiary/aromatic N) is 3. The van der Waals surface area contributed by atoms with Crippen LogP contribution in [0.2, 0.25) is 0 Å². The van der Waals surface area contributed by atoms with Crippen LogP contribution in [0.3, 0.4) is 0 Å². The molecule has 0 amide bonds. The summed E-state index contributed by atoms with van der Waals surface area (Å²) >= 11 is 0. The average molecular weight is 502 g/mol. The Morgan fingerprint density at radius 2 is 1.53 bits per heavy atom. The summed E-state index contributed by atoms with van der Waals surface area (Å²) in [5.74, 6) is 1.04. The molecule has 194 valence electrons. The molecule has 0 radical (unpaired) electrons. The molecule has 3 heteroatoms. The zero-order valence-corrected chi connectivity index (χ0v) is 23.4. The summed E-state index contributed by atoms with van der Waals surface area (Å²) in [5, 5.41) is 0. The molecule has 1 aromatic heterocycles. The summed E-state index contributed by atoms with van der Waals surface area (Å²) in [6.45, 7) is 11.9. The highest BCUT2D eigenvalue weighted by Gasteiger charge is 2.42. The van der Waals surface area contributed by atoms with Gasteiger partial charge in [-0.1, -0.05) is 94.8 Å². The van der Waals surface area contributed by atoms with Crippen molar-refractivity contribution in [2.75, 3.05) is 9.80 Å². The third-order valence-electron chi connectivity index (χ3n) is 9.04. The summed E-state index contributed by atoms with van der Waals surface area (Å²) in [6, 6.07) is 31.0. The van der Waals surface area contributed by atoms with Crippen LogP contribution < -0.4 is 9.80 Å². The molecule has 0 saturated heterocycles. The monoisotopic (exact) mass is 501 g/mol. The topological polar surface area (TPSA) is 19.4 Å². The lowest BCUT2D eigenvalue weighted by Crippen LogP contribution is -2.37. The summed E-state index contributed by atoms with van der Waals surface area (Å²) in [7, 11) is 0. The molecule has 1 aliphatic carbocycles. The minimum absolute atomic E-state index is 0.0778. The minimum Gasteiger partial charge on any atom is -0.317 e. The third-order valence-corrected chi connectivity index (χ3v) is 9.04. The lowest BCUT2D eigenvalue weighted by atomic mass is 9.74. The Kier molecular flexibility index (Phi) is 6.06. The maximum absolute atomic E-state index is 4.99. The van der Waals surface area contributed by atoms with Gasteiger partial charge in [-0.3, -0.25) is 0 Å². The molecule has 4 aromatic rings. The van der Waals surface area contributed by atoms with Crippen molar-refractivity contribution in [3.8, 4) is 11.1 Å².